The van der Waals surface area contributed by atoms with Crippen molar-refractivity contribution in [3.05, 3.63) is 29.8 Å². The SMILES string of the molecule is CC1NCCN(C(=O)CCc2ccc(S(=O)(=O)N3CCCC3)cc2)C1C.Cl. The summed E-state index contributed by atoms with van der Waals surface area (Å²) in [6, 6.07) is 7.51. The van der Waals surface area contributed by atoms with Gasteiger partial charge >= 0.3 is 0 Å². The second-order valence-corrected chi connectivity index (χ2v) is 9.26. The van der Waals surface area contributed by atoms with Crippen LogP contribution in [-0.4, -0.2) is 61.8 Å². The Labute approximate surface area is 168 Å². The summed E-state index contributed by atoms with van der Waals surface area (Å²) in [6.45, 7) is 6.98. The summed E-state index contributed by atoms with van der Waals surface area (Å²) in [5, 5.41) is 3.38. The lowest BCUT2D eigenvalue weighted by molar-refractivity contribution is -0.134. The highest BCUT2D eigenvalue weighted by molar-refractivity contribution is 7.89. The van der Waals surface area contributed by atoms with Crippen molar-refractivity contribution in [2.75, 3.05) is 26.2 Å². The number of rotatable bonds is 5. The number of hydrogen-bond donors (Lipinski definition) is 1. The average molecular weight is 416 g/mol. The highest BCUT2D eigenvalue weighted by atomic mass is 35.5. The zero-order chi connectivity index (χ0) is 18.7. The van der Waals surface area contributed by atoms with E-state index in [2.05, 4.69) is 19.2 Å². The standard InChI is InChI=1S/C19H29N3O3S.ClH/c1-15-16(2)22(14-11-20-15)19(23)10-7-17-5-8-18(9-6-17)26(24,25)21-12-3-4-13-21;/h5-6,8-9,15-16,20H,3-4,7,10-14H2,1-2H3;1H. The van der Waals surface area contributed by atoms with E-state index >= 15 is 0 Å². The van der Waals surface area contributed by atoms with Gasteiger partial charge in [0.15, 0.2) is 0 Å². The summed E-state index contributed by atoms with van der Waals surface area (Å²) < 4.78 is 26.6. The van der Waals surface area contributed by atoms with Gasteiger partial charge in [0.05, 0.1) is 4.90 Å². The molecule has 8 heteroatoms. The van der Waals surface area contributed by atoms with Gasteiger partial charge in [-0.3, -0.25) is 4.79 Å². The second-order valence-electron chi connectivity index (χ2n) is 7.33. The molecule has 2 aliphatic rings. The van der Waals surface area contributed by atoms with E-state index in [9.17, 15) is 13.2 Å². The number of carbonyl (C=O) groups is 1. The lowest BCUT2D eigenvalue weighted by atomic mass is 10.0. The third-order valence-corrected chi connectivity index (χ3v) is 7.52. The zero-order valence-corrected chi connectivity index (χ0v) is 17.7. The maximum absolute atomic E-state index is 12.5. The molecule has 0 spiro atoms. The third-order valence-electron chi connectivity index (χ3n) is 5.61. The molecule has 27 heavy (non-hydrogen) atoms. The predicted octanol–water partition coefficient (Wildman–Crippen LogP) is 2.03. The van der Waals surface area contributed by atoms with Crippen molar-refractivity contribution in [3.8, 4) is 0 Å². The van der Waals surface area contributed by atoms with Crippen LogP contribution in [0.5, 0.6) is 0 Å². The topological polar surface area (TPSA) is 69.7 Å². The molecule has 152 valence electrons. The molecule has 0 saturated carbocycles. The minimum absolute atomic E-state index is 0. The summed E-state index contributed by atoms with van der Waals surface area (Å²) in [5.41, 5.74) is 0.995. The van der Waals surface area contributed by atoms with Crippen LogP contribution in [0.3, 0.4) is 0 Å². The lowest BCUT2D eigenvalue weighted by Crippen LogP contribution is -2.57. The van der Waals surface area contributed by atoms with Gasteiger partial charge in [-0.2, -0.15) is 4.31 Å². The Balaban J connectivity index is 0.00000261. The second kappa shape index (κ2) is 9.37. The highest BCUT2D eigenvalue weighted by Crippen LogP contribution is 2.21. The van der Waals surface area contributed by atoms with Crippen molar-refractivity contribution in [3.63, 3.8) is 0 Å². The summed E-state index contributed by atoms with van der Waals surface area (Å²) in [6.07, 6.45) is 2.95. The Kier molecular flexibility index (Phi) is 7.68. The van der Waals surface area contributed by atoms with Crippen LogP contribution in [-0.2, 0) is 21.2 Å². The largest absolute Gasteiger partial charge is 0.337 e. The van der Waals surface area contributed by atoms with Crippen LogP contribution in [0.1, 0.15) is 38.7 Å². The van der Waals surface area contributed by atoms with Gasteiger partial charge in [-0.05, 0) is 50.8 Å². The molecule has 3 rings (SSSR count). The van der Waals surface area contributed by atoms with E-state index in [1.54, 1.807) is 16.4 Å². The average Bonchev–Trinajstić information content (AvgIpc) is 3.18. The minimum atomic E-state index is -3.37. The molecule has 0 aromatic heterocycles. The van der Waals surface area contributed by atoms with E-state index in [-0.39, 0.29) is 24.4 Å². The van der Waals surface area contributed by atoms with E-state index in [4.69, 9.17) is 0 Å². The molecule has 2 aliphatic heterocycles. The number of hydrogen-bond acceptors (Lipinski definition) is 4. The zero-order valence-electron chi connectivity index (χ0n) is 16.1. The summed E-state index contributed by atoms with van der Waals surface area (Å²) >= 11 is 0. The number of sulfonamides is 1. The molecule has 0 radical (unpaired) electrons. The maximum atomic E-state index is 12.5. The normalized spacial score (nSPS) is 23.9. The molecule has 0 aliphatic carbocycles. The van der Waals surface area contributed by atoms with Gasteiger partial charge in [0.2, 0.25) is 15.9 Å². The van der Waals surface area contributed by atoms with E-state index < -0.39 is 10.0 Å². The molecule has 2 atom stereocenters. The quantitative estimate of drug-likeness (QED) is 0.798. The van der Waals surface area contributed by atoms with Gasteiger partial charge in [0, 0.05) is 44.7 Å². The number of piperazine rings is 1. The third kappa shape index (κ3) is 5.02. The molecule has 2 heterocycles. The van der Waals surface area contributed by atoms with Crippen LogP contribution in [0, 0.1) is 0 Å². The summed E-state index contributed by atoms with van der Waals surface area (Å²) in [7, 11) is -3.37. The Morgan fingerprint density at radius 3 is 2.37 bits per heavy atom. The van der Waals surface area contributed by atoms with Gasteiger partial charge in [-0.1, -0.05) is 12.1 Å². The van der Waals surface area contributed by atoms with Crippen molar-refractivity contribution < 1.29 is 13.2 Å². The molecule has 1 amide bonds. The van der Waals surface area contributed by atoms with Crippen molar-refractivity contribution in [1.82, 2.24) is 14.5 Å². The first-order chi connectivity index (χ1) is 12.4. The number of aryl methyl sites for hydroxylation is 1. The Hall–Kier alpha value is -1.15. The van der Waals surface area contributed by atoms with Crippen molar-refractivity contribution in [1.29, 1.82) is 0 Å². The number of amides is 1. The van der Waals surface area contributed by atoms with Gasteiger partial charge in [-0.25, -0.2) is 8.42 Å². The van der Waals surface area contributed by atoms with E-state index in [0.717, 1.165) is 31.5 Å². The van der Waals surface area contributed by atoms with Crippen LogP contribution in [0.4, 0.5) is 0 Å². The number of halogens is 1. The maximum Gasteiger partial charge on any atom is 0.243 e. The van der Waals surface area contributed by atoms with Crippen molar-refractivity contribution in [2.45, 2.75) is 56.5 Å². The molecular weight excluding hydrogens is 386 g/mol. The van der Waals surface area contributed by atoms with Gasteiger partial charge < -0.3 is 10.2 Å². The first kappa shape index (κ1) is 22.1. The fourth-order valence-electron chi connectivity index (χ4n) is 3.71. The van der Waals surface area contributed by atoms with Crippen LogP contribution in [0.2, 0.25) is 0 Å². The predicted molar refractivity (Wildman–Crippen MR) is 109 cm³/mol. The van der Waals surface area contributed by atoms with Gasteiger partial charge in [0.1, 0.15) is 0 Å². The Bertz CT molecular complexity index is 733. The fourth-order valence-corrected chi connectivity index (χ4v) is 5.23. The first-order valence-electron chi connectivity index (χ1n) is 9.51. The van der Waals surface area contributed by atoms with Crippen LogP contribution in [0.15, 0.2) is 29.2 Å². The highest BCUT2D eigenvalue weighted by Gasteiger charge is 2.28. The Morgan fingerprint density at radius 1 is 1.11 bits per heavy atom. The number of nitrogens with one attached hydrogen (secondary N) is 1. The molecule has 2 saturated heterocycles. The van der Waals surface area contributed by atoms with E-state index in [1.165, 1.54) is 0 Å². The van der Waals surface area contributed by atoms with Gasteiger partial charge in [-0.15, -0.1) is 12.4 Å². The van der Waals surface area contributed by atoms with Crippen molar-refractivity contribution >= 4 is 28.3 Å². The number of benzene rings is 1. The molecule has 1 aromatic rings. The number of carbonyl (C=O) groups excluding carboxylic acids is 1. The van der Waals surface area contributed by atoms with Crippen LogP contribution in [0.25, 0.3) is 0 Å². The van der Waals surface area contributed by atoms with E-state index in [1.807, 2.05) is 17.0 Å². The number of nitrogens with zero attached hydrogens (tertiary/aromatic N) is 2. The van der Waals surface area contributed by atoms with E-state index in [0.29, 0.717) is 36.9 Å². The lowest BCUT2D eigenvalue weighted by Gasteiger charge is -2.38. The molecule has 2 fully saturated rings. The van der Waals surface area contributed by atoms with Gasteiger partial charge in [0.25, 0.3) is 0 Å². The van der Waals surface area contributed by atoms with Crippen LogP contribution >= 0.6 is 12.4 Å². The monoisotopic (exact) mass is 415 g/mol. The molecule has 0 bridgehead atoms. The smallest absolute Gasteiger partial charge is 0.243 e. The molecular formula is C19H30ClN3O3S. The molecule has 6 nitrogen and oxygen atoms in total. The summed E-state index contributed by atoms with van der Waals surface area (Å²) in [4.78, 5) is 14.8. The Morgan fingerprint density at radius 2 is 1.74 bits per heavy atom. The molecule has 1 aromatic carbocycles. The van der Waals surface area contributed by atoms with Crippen LogP contribution < -0.4 is 5.32 Å². The first-order valence-corrected chi connectivity index (χ1v) is 11.0. The van der Waals surface area contributed by atoms with Crippen molar-refractivity contribution in [2.24, 2.45) is 0 Å². The molecule has 2 unspecified atom stereocenters. The summed E-state index contributed by atoms with van der Waals surface area (Å²) in [5.74, 6) is 0.166. The fraction of sp³-hybridized carbons (Fsp3) is 0.632. The molecule has 1 N–H and O–H groups in total. The minimum Gasteiger partial charge on any atom is -0.337 e.